The predicted molar refractivity (Wildman–Crippen MR) is 204 cm³/mol. The van der Waals surface area contributed by atoms with Crippen molar-refractivity contribution in [2.45, 2.75) is 0 Å². The quantitative estimate of drug-likeness (QED) is 0.185. The van der Waals surface area contributed by atoms with E-state index < -0.39 is 0 Å². The van der Waals surface area contributed by atoms with Crippen LogP contribution in [0.2, 0.25) is 0 Å². The van der Waals surface area contributed by atoms with Crippen LogP contribution >= 0.6 is 34.4 Å². The van der Waals surface area contributed by atoms with Crippen LogP contribution < -0.4 is 0 Å². The van der Waals surface area contributed by atoms with Gasteiger partial charge in [-0.25, -0.2) is 0 Å². The second-order valence-electron chi connectivity index (χ2n) is 11.7. The van der Waals surface area contributed by atoms with E-state index in [1.54, 1.807) is 22.7 Å². The molecular formula is C38H20N6S4. The fourth-order valence-electron chi connectivity index (χ4n) is 7.14. The smallest absolute Gasteiger partial charge is 0.116 e. The molecule has 6 heterocycles. The summed E-state index contributed by atoms with van der Waals surface area (Å²) in [6.07, 6.45) is 0. The number of fused-ring (bicyclic) bond motifs is 8. The van der Waals surface area contributed by atoms with Crippen LogP contribution in [0.3, 0.4) is 0 Å². The van der Waals surface area contributed by atoms with Crippen molar-refractivity contribution >= 4 is 110 Å². The van der Waals surface area contributed by atoms with Gasteiger partial charge in [-0.2, -0.15) is 17.5 Å². The predicted octanol–water partition coefficient (Wildman–Crippen LogP) is 12.1. The lowest BCUT2D eigenvalue weighted by atomic mass is 10.0. The zero-order valence-electron chi connectivity index (χ0n) is 24.9. The number of aromatic nitrogens is 4. The van der Waals surface area contributed by atoms with E-state index in [1.807, 2.05) is 0 Å². The van der Waals surface area contributed by atoms with Crippen LogP contribution in [0, 0.1) is 0 Å². The molecule has 10 heteroatoms. The highest BCUT2D eigenvalue weighted by molar-refractivity contribution is 7.58. The zero-order valence-corrected chi connectivity index (χ0v) is 28.1. The first-order valence-electron chi connectivity index (χ1n) is 15.4. The minimum absolute atomic E-state index is 0.878. The van der Waals surface area contributed by atoms with Crippen molar-refractivity contribution in [3.8, 4) is 32.3 Å². The molecule has 6 nitrogen and oxygen atoms in total. The molecule has 5 aromatic heterocycles. The van der Waals surface area contributed by atoms with Gasteiger partial charge in [-0.3, -0.25) is 0 Å². The number of nitrogens with zero attached hydrogens (tertiary/aromatic N) is 6. The van der Waals surface area contributed by atoms with Crippen molar-refractivity contribution in [1.29, 1.82) is 0 Å². The van der Waals surface area contributed by atoms with Gasteiger partial charge in [0.05, 0.1) is 54.5 Å². The summed E-state index contributed by atoms with van der Waals surface area (Å²) in [6, 6.07) is 43.0. The third-order valence-electron chi connectivity index (χ3n) is 9.13. The van der Waals surface area contributed by atoms with Gasteiger partial charge in [0.2, 0.25) is 0 Å². The molecule has 0 N–H and O–H groups in total. The topological polar surface area (TPSA) is 60.4 Å². The molecule has 48 heavy (non-hydrogen) atoms. The number of thiophene rings is 2. The Balaban J connectivity index is 1.17. The molecule has 0 spiro atoms. The van der Waals surface area contributed by atoms with Crippen molar-refractivity contribution < 1.29 is 0 Å². The van der Waals surface area contributed by atoms with Crippen LogP contribution in [-0.4, -0.2) is 17.9 Å². The molecule has 1 aliphatic heterocycles. The van der Waals surface area contributed by atoms with Crippen LogP contribution in [0.15, 0.2) is 130 Å². The van der Waals surface area contributed by atoms with Crippen LogP contribution in [-0.2, 0) is 11.4 Å². The van der Waals surface area contributed by atoms with E-state index in [9.17, 15) is 0 Å². The minimum Gasteiger partial charge on any atom is -0.308 e. The SMILES string of the molecule is c1ccc(-n2c3ccccc3c3sc(-c4c5c(c(-c6cc7c(s6)c6ccccc6n7-c6ccccc6)c6nsnc46)N=S=N5)cc32)cc1. The molecule has 0 fully saturated rings. The largest absolute Gasteiger partial charge is 0.308 e. The Kier molecular flexibility index (Phi) is 5.64. The summed E-state index contributed by atoms with van der Waals surface area (Å²) >= 11 is 6.09. The zero-order chi connectivity index (χ0) is 31.3. The Labute approximate surface area is 289 Å². The Morgan fingerprint density at radius 3 is 1.38 bits per heavy atom. The second-order valence-corrected chi connectivity index (χ2v) is 14.9. The van der Waals surface area contributed by atoms with Crippen molar-refractivity contribution in [2.75, 3.05) is 0 Å². The molecule has 11 rings (SSSR count). The fraction of sp³-hybridized carbons (Fsp3) is 0. The summed E-state index contributed by atoms with van der Waals surface area (Å²) in [5, 5.41) is 2.47. The van der Waals surface area contributed by atoms with E-state index in [4.69, 9.17) is 17.5 Å². The van der Waals surface area contributed by atoms with Crippen LogP contribution in [0.4, 0.5) is 11.4 Å². The molecule has 0 bridgehead atoms. The molecule has 0 saturated heterocycles. The van der Waals surface area contributed by atoms with E-state index in [0.29, 0.717) is 0 Å². The Hall–Kier alpha value is -5.26. The maximum Gasteiger partial charge on any atom is 0.116 e. The van der Waals surface area contributed by atoms with Gasteiger partial charge < -0.3 is 9.13 Å². The van der Waals surface area contributed by atoms with Crippen LogP contribution in [0.5, 0.6) is 0 Å². The van der Waals surface area contributed by atoms with E-state index in [0.717, 1.165) is 54.7 Å². The highest BCUT2D eigenvalue weighted by Gasteiger charge is 2.29. The van der Waals surface area contributed by atoms with Gasteiger partial charge in [0.15, 0.2) is 0 Å². The van der Waals surface area contributed by atoms with Gasteiger partial charge in [-0.1, -0.05) is 72.8 Å². The molecule has 5 aromatic carbocycles. The Morgan fingerprint density at radius 1 is 0.458 bits per heavy atom. The average molecular weight is 689 g/mol. The minimum atomic E-state index is 0.878. The lowest BCUT2D eigenvalue weighted by Gasteiger charge is -2.10. The third kappa shape index (κ3) is 3.65. The Bertz CT molecular complexity index is 2790. The molecule has 0 unspecified atom stereocenters. The van der Waals surface area contributed by atoms with E-state index in [2.05, 4.69) is 130 Å². The first-order valence-corrected chi connectivity index (χ1v) is 18.5. The maximum absolute atomic E-state index is 4.93. The normalized spacial score (nSPS) is 12.7. The highest BCUT2D eigenvalue weighted by atomic mass is 32.1. The van der Waals surface area contributed by atoms with E-state index in [-0.39, 0.29) is 0 Å². The van der Waals surface area contributed by atoms with Gasteiger partial charge in [0.1, 0.15) is 22.4 Å². The molecule has 0 saturated carbocycles. The summed E-state index contributed by atoms with van der Waals surface area (Å²) in [4.78, 5) is 2.24. The third-order valence-corrected chi connectivity index (χ3v) is 12.5. The molecule has 0 atom stereocenters. The van der Waals surface area contributed by atoms with Crippen LogP contribution in [0.1, 0.15) is 0 Å². The average Bonchev–Trinajstić information content (AvgIpc) is 3.98. The highest BCUT2D eigenvalue weighted by Crippen LogP contribution is 2.56. The molecule has 10 aromatic rings. The first-order chi connectivity index (χ1) is 23.8. The van der Waals surface area contributed by atoms with Gasteiger partial charge in [0, 0.05) is 43.0 Å². The lowest BCUT2D eigenvalue weighted by molar-refractivity contribution is 1.18. The van der Waals surface area contributed by atoms with Crippen molar-refractivity contribution in [3.63, 3.8) is 0 Å². The van der Waals surface area contributed by atoms with Gasteiger partial charge >= 0.3 is 0 Å². The monoisotopic (exact) mass is 688 g/mol. The Morgan fingerprint density at radius 2 is 0.896 bits per heavy atom. The summed E-state index contributed by atoms with van der Waals surface area (Å²) < 4.78 is 26.9. The summed E-state index contributed by atoms with van der Waals surface area (Å²) in [6.45, 7) is 0. The van der Waals surface area contributed by atoms with Gasteiger partial charge in [-0.15, -0.1) is 22.7 Å². The van der Waals surface area contributed by atoms with Crippen molar-refractivity contribution in [1.82, 2.24) is 17.9 Å². The second kappa shape index (κ2) is 10.1. The lowest BCUT2D eigenvalue weighted by Crippen LogP contribution is -1.92. The molecule has 0 aliphatic carbocycles. The molecule has 0 radical (unpaired) electrons. The van der Waals surface area contributed by atoms with Crippen LogP contribution in [0.25, 0.3) is 85.5 Å². The first kappa shape index (κ1) is 26.8. The summed E-state index contributed by atoms with van der Waals surface area (Å²) in [7, 11) is 0. The maximum atomic E-state index is 4.93. The standard InChI is InChI=1S/C38H20N6S4/c1-3-11-21(12-4-1)43-25-17-9-7-15-23(25)37-27(43)19-29(45-37)31-33-35(41-47-39-33)32(36-34(31)40-48-42-36)30-20-28-38(46-30)24-16-8-10-18-26(24)44(28)22-13-5-2-6-14-22/h1-20H. The van der Waals surface area contributed by atoms with Gasteiger partial charge in [-0.05, 0) is 48.5 Å². The van der Waals surface area contributed by atoms with E-state index in [1.165, 1.54) is 65.3 Å². The number of benzene rings is 5. The summed E-state index contributed by atoms with van der Waals surface area (Å²) in [5.41, 5.74) is 12.6. The van der Waals surface area contributed by atoms with Crippen molar-refractivity contribution in [3.05, 3.63) is 121 Å². The van der Waals surface area contributed by atoms with E-state index >= 15 is 0 Å². The van der Waals surface area contributed by atoms with Gasteiger partial charge in [0.25, 0.3) is 0 Å². The summed E-state index contributed by atoms with van der Waals surface area (Å²) in [5.74, 6) is 0. The molecule has 226 valence electrons. The number of para-hydroxylation sites is 4. The number of hydrogen-bond acceptors (Lipinski definition) is 7. The molecule has 1 aliphatic rings. The molecule has 0 amide bonds. The number of rotatable bonds is 4. The molecular weight excluding hydrogens is 669 g/mol. The van der Waals surface area contributed by atoms with Crippen molar-refractivity contribution in [2.24, 2.45) is 8.73 Å². The number of hydrogen-bond donors (Lipinski definition) is 0. The fourth-order valence-corrected chi connectivity index (χ4v) is 10.7.